The maximum absolute atomic E-state index is 12.3. The summed E-state index contributed by atoms with van der Waals surface area (Å²) in [5.74, 6) is -0.844. The highest BCUT2D eigenvalue weighted by atomic mass is 19.3. The normalized spacial score (nSPS) is 21.7. The highest BCUT2D eigenvalue weighted by Crippen LogP contribution is 2.28. The summed E-state index contributed by atoms with van der Waals surface area (Å²) in [5.41, 5.74) is 6.53. The van der Waals surface area contributed by atoms with Crippen LogP contribution in [-0.4, -0.2) is 25.6 Å². The summed E-state index contributed by atoms with van der Waals surface area (Å²) < 4.78 is 29.0. The maximum Gasteiger partial charge on any atom is 0.387 e. The van der Waals surface area contributed by atoms with E-state index in [1.807, 2.05) is 6.07 Å². The van der Waals surface area contributed by atoms with Gasteiger partial charge in [-0.05, 0) is 24.6 Å². The quantitative estimate of drug-likeness (QED) is 0.735. The van der Waals surface area contributed by atoms with E-state index in [-0.39, 0.29) is 30.2 Å². The van der Waals surface area contributed by atoms with Crippen molar-refractivity contribution in [2.45, 2.75) is 19.6 Å². The third-order valence-corrected chi connectivity index (χ3v) is 3.56. The van der Waals surface area contributed by atoms with Gasteiger partial charge in [-0.25, -0.2) is 5.43 Å². The van der Waals surface area contributed by atoms with Crippen molar-refractivity contribution in [2.24, 2.45) is 11.8 Å². The average molecular weight is 324 g/mol. The van der Waals surface area contributed by atoms with Gasteiger partial charge < -0.3 is 10.1 Å². The van der Waals surface area contributed by atoms with Gasteiger partial charge in [0.2, 0.25) is 5.91 Å². The van der Waals surface area contributed by atoms with Crippen molar-refractivity contribution in [2.75, 3.05) is 13.1 Å². The third-order valence-electron chi connectivity index (χ3n) is 3.56. The highest BCUT2D eigenvalue weighted by Gasteiger charge is 2.34. The van der Waals surface area contributed by atoms with E-state index in [4.69, 9.17) is 5.26 Å². The van der Waals surface area contributed by atoms with E-state index in [1.165, 1.54) is 12.1 Å². The van der Waals surface area contributed by atoms with Crippen LogP contribution in [0.1, 0.15) is 18.5 Å². The maximum atomic E-state index is 12.3. The Balaban J connectivity index is 2.06. The van der Waals surface area contributed by atoms with E-state index in [0.717, 1.165) is 0 Å². The molecule has 0 bridgehead atoms. The van der Waals surface area contributed by atoms with Crippen molar-refractivity contribution in [1.82, 2.24) is 16.2 Å². The van der Waals surface area contributed by atoms with Crippen LogP contribution in [-0.2, 0) is 4.79 Å². The van der Waals surface area contributed by atoms with E-state index in [1.54, 1.807) is 19.1 Å². The monoisotopic (exact) mass is 324 g/mol. The molecular weight excluding hydrogens is 306 g/mol. The van der Waals surface area contributed by atoms with Gasteiger partial charge >= 0.3 is 6.61 Å². The van der Waals surface area contributed by atoms with Crippen molar-refractivity contribution in [3.8, 4) is 11.8 Å². The Labute approximate surface area is 132 Å². The molecule has 1 aromatic carbocycles. The molecule has 0 aliphatic carbocycles. The number of nitriles is 1. The fourth-order valence-corrected chi connectivity index (χ4v) is 2.37. The van der Waals surface area contributed by atoms with E-state index < -0.39 is 12.5 Å². The van der Waals surface area contributed by atoms with E-state index in [9.17, 15) is 13.6 Å². The molecule has 124 valence electrons. The fraction of sp³-hybridized carbons (Fsp3) is 0.467. The first-order valence-corrected chi connectivity index (χ1v) is 7.21. The molecule has 1 fully saturated rings. The first-order chi connectivity index (χ1) is 11.0. The number of alkyl halides is 2. The summed E-state index contributed by atoms with van der Waals surface area (Å²) in [7, 11) is 0. The van der Waals surface area contributed by atoms with Gasteiger partial charge in [-0.1, -0.05) is 12.1 Å². The van der Waals surface area contributed by atoms with Crippen LogP contribution in [0.3, 0.4) is 0 Å². The zero-order chi connectivity index (χ0) is 16.8. The van der Waals surface area contributed by atoms with Crippen LogP contribution in [0.5, 0.6) is 5.75 Å². The molecule has 23 heavy (non-hydrogen) atoms. The first-order valence-electron chi connectivity index (χ1n) is 7.21. The van der Waals surface area contributed by atoms with E-state index in [0.29, 0.717) is 12.1 Å². The number of benzene rings is 1. The molecule has 1 amide bonds. The minimum Gasteiger partial charge on any atom is -0.435 e. The van der Waals surface area contributed by atoms with Crippen LogP contribution in [0.4, 0.5) is 8.78 Å². The topological polar surface area (TPSA) is 86.2 Å². The van der Waals surface area contributed by atoms with Gasteiger partial charge in [0.15, 0.2) is 0 Å². The number of amides is 1. The summed E-state index contributed by atoms with van der Waals surface area (Å²) >= 11 is 0. The third kappa shape index (κ3) is 4.61. The van der Waals surface area contributed by atoms with E-state index in [2.05, 4.69) is 20.9 Å². The van der Waals surface area contributed by atoms with Crippen LogP contribution >= 0.6 is 0 Å². The Bertz CT molecular complexity index is 591. The van der Waals surface area contributed by atoms with Crippen LogP contribution in [0.25, 0.3) is 0 Å². The Morgan fingerprint density at radius 3 is 3.04 bits per heavy atom. The van der Waals surface area contributed by atoms with Gasteiger partial charge in [-0.15, -0.1) is 0 Å². The zero-order valence-electron chi connectivity index (χ0n) is 12.6. The molecule has 6 nitrogen and oxygen atoms in total. The number of carbonyl (C=O) groups excluding carboxylic acids is 1. The summed E-state index contributed by atoms with van der Waals surface area (Å²) in [5, 5.41) is 11.5. The lowest BCUT2D eigenvalue weighted by atomic mass is 9.94. The second kappa shape index (κ2) is 7.85. The molecular formula is C15H18F2N4O2. The molecule has 0 spiro atoms. The second-order valence-electron chi connectivity index (χ2n) is 5.34. The summed E-state index contributed by atoms with van der Waals surface area (Å²) in [6, 6.07) is 7.93. The lowest BCUT2D eigenvalue weighted by Gasteiger charge is -2.19. The van der Waals surface area contributed by atoms with Crippen molar-refractivity contribution in [3.63, 3.8) is 0 Å². The van der Waals surface area contributed by atoms with Gasteiger partial charge in [0.1, 0.15) is 5.75 Å². The largest absolute Gasteiger partial charge is 0.435 e. The number of hydrazine groups is 1. The predicted octanol–water partition coefficient (Wildman–Crippen LogP) is 1.33. The summed E-state index contributed by atoms with van der Waals surface area (Å²) in [4.78, 5) is 12.3. The lowest BCUT2D eigenvalue weighted by Crippen LogP contribution is -2.37. The van der Waals surface area contributed by atoms with Gasteiger partial charge in [0.05, 0.1) is 23.9 Å². The Morgan fingerprint density at radius 1 is 1.57 bits per heavy atom. The number of halogens is 2. The highest BCUT2D eigenvalue weighted by molar-refractivity contribution is 5.80. The molecule has 2 rings (SSSR count). The number of carbonyl (C=O) groups is 1. The van der Waals surface area contributed by atoms with E-state index >= 15 is 0 Å². The minimum atomic E-state index is -2.90. The van der Waals surface area contributed by atoms with Crippen molar-refractivity contribution in [1.29, 1.82) is 5.26 Å². The molecule has 1 aliphatic rings. The number of ether oxygens (including phenoxy) is 1. The Hall–Kier alpha value is -2.24. The van der Waals surface area contributed by atoms with Gasteiger partial charge in [0.25, 0.3) is 0 Å². The van der Waals surface area contributed by atoms with Gasteiger partial charge in [-0.2, -0.15) is 14.0 Å². The number of nitrogens with zero attached hydrogens (tertiary/aromatic N) is 1. The summed E-state index contributed by atoms with van der Waals surface area (Å²) in [6.07, 6.45) is 0. The molecule has 3 N–H and O–H groups in total. The molecule has 1 heterocycles. The fourth-order valence-electron chi connectivity index (χ4n) is 2.37. The molecule has 1 aromatic rings. The van der Waals surface area contributed by atoms with Crippen molar-refractivity contribution >= 4 is 5.91 Å². The summed E-state index contributed by atoms with van der Waals surface area (Å²) in [6.45, 7) is -0.509. The lowest BCUT2D eigenvalue weighted by molar-refractivity contribution is -0.125. The second-order valence-corrected chi connectivity index (χ2v) is 5.34. The number of hydrogen-bond donors (Lipinski definition) is 3. The number of hydrogen-bond acceptors (Lipinski definition) is 5. The standard InChI is InChI=1S/C15H18F2N4O2/c1-9(6-18)7-19-14(22)12-8-20-21-13(12)10-3-2-4-11(5-10)23-15(16)17/h2-5,9,12-13,15,20-21H,7-8H2,1H3,(H,19,22). The molecule has 0 aromatic heterocycles. The molecule has 3 atom stereocenters. The van der Waals surface area contributed by atoms with Crippen LogP contribution in [0.2, 0.25) is 0 Å². The molecule has 1 saturated heterocycles. The molecule has 1 aliphatic heterocycles. The molecule has 0 radical (unpaired) electrons. The Morgan fingerprint density at radius 2 is 2.35 bits per heavy atom. The minimum absolute atomic E-state index is 0.0449. The first kappa shape index (κ1) is 17.1. The van der Waals surface area contributed by atoms with Crippen LogP contribution in [0, 0.1) is 23.2 Å². The molecule has 8 heteroatoms. The van der Waals surface area contributed by atoms with Crippen LogP contribution < -0.4 is 20.9 Å². The Kier molecular flexibility index (Phi) is 5.84. The molecule has 3 unspecified atom stereocenters. The SMILES string of the molecule is CC(C#N)CNC(=O)C1CNNC1c1cccc(OC(F)F)c1. The molecule has 0 saturated carbocycles. The predicted molar refractivity (Wildman–Crippen MR) is 78.2 cm³/mol. The van der Waals surface area contributed by atoms with Crippen molar-refractivity contribution < 1.29 is 18.3 Å². The van der Waals surface area contributed by atoms with Gasteiger partial charge in [0, 0.05) is 13.1 Å². The zero-order valence-corrected chi connectivity index (χ0v) is 12.6. The van der Waals surface area contributed by atoms with Crippen molar-refractivity contribution in [3.05, 3.63) is 29.8 Å². The van der Waals surface area contributed by atoms with Gasteiger partial charge in [-0.3, -0.25) is 10.2 Å². The van der Waals surface area contributed by atoms with Crippen LogP contribution in [0.15, 0.2) is 24.3 Å². The smallest absolute Gasteiger partial charge is 0.387 e. The number of rotatable bonds is 6. The average Bonchev–Trinajstić information content (AvgIpc) is 3.01. The number of nitrogens with one attached hydrogen (secondary N) is 3.